The van der Waals surface area contributed by atoms with Crippen LogP contribution in [0.1, 0.15) is 12.8 Å². The molecule has 0 aromatic carbocycles. The number of rotatable bonds is 3. The molecule has 0 spiro atoms. The average Bonchev–Trinajstić information content (AvgIpc) is 2.42. The van der Waals surface area contributed by atoms with Crippen molar-refractivity contribution in [3.63, 3.8) is 0 Å². The summed E-state index contributed by atoms with van der Waals surface area (Å²) >= 11 is 0. The van der Waals surface area contributed by atoms with Crippen molar-refractivity contribution >= 4 is 11.9 Å². The molecule has 0 bridgehead atoms. The van der Waals surface area contributed by atoms with E-state index in [0.717, 1.165) is 19.5 Å². The summed E-state index contributed by atoms with van der Waals surface area (Å²) in [4.78, 5) is 26.1. The van der Waals surface area contributed by atoms with Gasteiger partial charge in [0.1, 0.15) is 6.04 Å². The van der Waals surface area contributed by atoms with Gasteiger partial charge in [-0.2, -0.15) is 0 Å². The van der Waals surface area contributed by atoms with Crippen LogP contribution in [0, 0.1) is 0 Å². The topological polar surface area (TPSA) is 86.9 Å². The van der Waals surface area contributed by atoms with E-state index in [1.54, 1.807) is 4.90 Å². The molecule has 0 aromatic rings. The van der Waals surface area contributed by atoms with E-state index < -0.39 is 12.0 Å². The molecule has 6 heteroatoms. The molecule has 1 atom stereocenters. The van der Waals surface area contributed by atoms with E-state index in [9.17, 15) is 9.59 Å². The monoisotopic (exact) mass is 229 g/mol. The van der Waals surface area contributed by atoms with Gasteiger partial charge in [0.25, 0.3) is 0 Å². The minimum atomic E-state index is -1.12. The van der Waals surface area contributed by atoms with Crippen LogP contribution in [0.25, 0.3) is 0 Å². The summed E-state index contributed by atoms with van der Waals surface area (Å²) in [5.74, 6) is -1.29. The molecule has 1 rings (SSSR count). The van der Waals surface area contributed by atoms with E-state index in [2.05, 4.69) is 4.90 Å². The van der Waals surface area contributed by atoms with Crippen molar-refractivity contribution in [2.75, 3.05) is 33.2 Å². The van der Waals surface area contributed by atoms with E-state index in [-0.39, 0.29) is 12.3 Å². The fourth-order valence-corrected chi connectivity index (χ4v) is 1.70. The Bertz CT molecular complexity index is 270. The summed E-state index contributed by atoms with van der Waals surface area (Å²) < 4.78 is 0. The Balaban J connectivity index is 2.44. The molecule has 1 aliphatic heterocycles. The van der Waals surface area contributed by atoms with Gasteiger partial charge in [0.2, 0.25) is 5.91 Å². The zero-order chi connectivity index (χ0) is 12.1. The molecule has 3 N–H and O–H groups in total. The number of likely N-dealkylation sites (N-methyl/N-ethyl adjacent to an activating group) is 1. The van der Waals surface area contributed by atoms with E-state index in [4.69, 9.17) is 10.8 Å². The highest BCUT2D eigenvalue weighted by Crippen LogP contribution is 2.04. The summed E-state index contributed by atoms with van der Waals surface area (Å²) in [6.45, 7) is 3.14. The van der Waals surface area contributed by atoms with Gasteiger partial charge in [-0.1, -0.05) is 0 Å². The Morgan fingerprint density at radius 1 is 1.31 bits per heavy atom. The maximum Gasteiger partial charge on any atom is 0.321 e. The molecule has 1 unspecified atom stereocenters. The summed E-state index contributed by atoms with van der Waals surface area (Å²) in [7, 11) is 2.01. The molecule has 1 fully saturated rings. The summed E-state index contributed by atoms with van der Waals surface area (Å²) in [5.41, 5.74) is 5.33. The van der Waals surface area contributed by atoms with Crippen LogP contribution in [0.4, 0.5) is 0 Å². The van der Waals surface area contributed by atoms with Crippen LogP contribution in [0.3, 0.4) is 0 Å². The number of carboxylic acids is 1. The van der Waals surface area contributed by atoms with Crippen molar-refractivity contribution in [3.8, 4) is 0 Å². The molecular weight excluding hydrogens is 210 g/mol. The lowest BCUT2D eigenvalue weighted by Crippen LogP contribution is -2.40. The highest BCUT2D eigenvalue weighted by molar-refractivity contribution is 5.84. The van der Waals surface area contributed by atoms with Gasteiger partial charge in [0, 0.05) is 19.6 Å². The SMILES string of the molecule is CN1CCCN(C(=O)CC(N)C(=O)O)CC1. The number of carboxylic acid groups (broad SMARTS) is 1. The Morgan fingerprint density at radius 2 is 2.00 bits per heavy atom. The van der Waals surface area contributed by atoms with Gasteiger partial charge in [-0.3, -0.25) is 9.59 Å². The van der Waals surface area contributed by atoms with Crippen molar-refractivity contribution in [1.29, 1.82) is 0 Å². The van der Waals surface area contributed by atoms with Crippen LogP contribution in [0.15, 0.2) is 0 Å². The smallest absolute Gasteiger partial charge is 0.321 e. The van der Waals surface area contributed by atoms with Crippen molar-refractivity contribution < 1.29 is 14.7 Å². The molecule has 0 saturated carbocycles. The Labute approximate surface area is 95.0 Å². The van der Waals surface area contributed by atoms with Crippen molar-refractivity contribution in [1.82, 2.24) is 9.80 Å². The minimum Gasteiger partial charge on any atom is -0.480 e. The first kappa shape index (κ1) is 12.9. The summed E-state index contributed by atoms with van der Waals surface area (Å²) in [6, 6.07) is -1.09. The van der Waals surface area contributed by atoms with Gasteiger partial charge >= 0.3 is 5.97 Å². The Kier molecular flexibility index (Phi) is 4.70. The number of nitrogens with zero attached hydrogens (tertiary/aromatic N) is 2. The number of hydrogen-bond donors (Lipinski definition) is 2. The molecule has 1 aliphatic rings. The highest BCUT2D eigenvalue weighted by atomic mass is 16.4. The van der Waals surface area contributed by atoms with Gasteiger partial charge in [0.05, 0.1) is 6.42 Å². The van der Waals surface area contributed by atoms with Crippen molar-refractivity contribution in [2.24, 2.45) is 5.73 Å². The molecular formula is C10H19N3O3. The van der Waals surface area contributed by atoms with E-state index in [1.807, 2.05) is 7.05 Å². The van der Waals surface area contributed by atoms with Crippen LogP contribution in [0.5, 0.6) is 0 Å². The largest absolute Gasteiger partial charge is 0.480 e. The second-order valence-corrected chi connectivity index (χ2v) is 4.19. The average molecular weight is 229 g/mol. The number of amides is 1. The van der Waals surface area contributed by atoms with Gasteiger partial charge in [-0.25, -0.2) is 0 Å². The summed E-state index contributed by atoms with van der Waals surface area (Å²) in [5, 5.41) is 8.62. The number of carbonyl (C=O) groups is 2. The fraction of sp³-hybridized carbons (Fsp3) is 0.800. The Hall–Kier alpha value is -1.14. The Morgan fingerprint density at radius 3 is 2.62 bits per heavy atom. The minimum absolute atomic E-state index is 0.112. The van der Waals surface area contributed by atoms with Gasteiger partial charge in [0.15, 0.2) is 0 Å². The van der Waals surface area contributed by atoms with E-state index in [1.165, 1.54) is 0 Å². The number of aliphatic carboxylic acids is 1. The molecule has 1 amide bonds. The third-order valence-corrected chi connectivity index (χ3v) is 2.78. The normalized spacial score (nSPS) is 20.2. The van der Waals surface area contributed by atoms with Gasteiger partial charge in [-0.15, -0.1) is 0 Å². The first-order valence-corrected chi connectivity index (χ1v) is 5.45. The number of hydrogen-bond acceptors (Lipinski definition) is 4. The maximum atomic E-state index is 11.7. The third kappa shape index (κ3) is 3.79. The zero-order valence-corrected chi connectivity index (χ0v) is 9.56. The molecule has 92 valence electrons. The van der Waals surface area contributed by atoms with Crippen LogP contribution >= 0.6 is 0 Å². The second kappa shape index (κ2) is 5.81. The van der Waals surface area contributed by atoms with Crippen LogP contribution in [-0.4, -0.2) is 66.1 Å². The molecule has 1 saturated heterocycles. The summed E-state index contributed by atoms with van der Waals surface area (Å²) in [6.07, 6.45) is 0.809. The first-order valence-electron chi connectivity index (χ1n) is 5.45. The van der Waals surface area contributed by atoms with E-state index >= 15 is 0 Å². The lowest BCUT2D eigenvalue weighted by atomic mass is 10.2. The maximum absolute atomic E-state index is 11.7. The number of carbonyl (C=O) groups excluding carboxylic acids is 1. The number of nitrogens with two attached hydrogens (primary N) is 1. The quantitative estimate of drug-likeness (QED) is 0.645. The highest BCUT2D eigenvalue weighted by Gasteiger charge is 2.22. The predicted molar refractivity (Wildman–Crippen MR) is 58.9 cm³/mol. The van der Waals surface area contributed by atoms with Crippen LogP contribution in [0.2, 0.25) is 0 Å². The van der Waals surface area contributed by atoms with Gasteiger partial charge < -0.3 is 20.6 Å². The first-order chi connectivity index (χ1) is 7.50. The standard InChI is InChI=1S/C10H19N3O3/c1-12-3-2-4-13(6-5-12)9(14)7-8(11)10(15)16/h8H,2-7,11H2,1H3,(H,15,16). The lowest BCUT2D eigenvalue weighted by molar-refractivity contribution is -0.142. The molecule has 0 aromatic heterocycles. The van der Waals surface area contributed by atoms with Crippen molar-refractivity contribution in [3.05, 3.63) is 0 Å². The lowest BCUT2D eigenvalue weighted by Gasteiger charge is -2.21. The van der Waals surface area contributed by atoms with E-state index in [0.29, 0.717) is 13.1 Å². The molecule has 0 radical (unpaired) electrons. The van der Waals surface area contributed by atoms with Crippen LogP contribution < -0.4 is 5.73 Å². The third-order valence-electron chi connectivity index (χ3n) is 2.78. The molecule has 6 nitrogen and oxygen atoms in total. The molecule has 1 heterocycles. The molecule has 0 aliphatic carbocycles. The predicted octanol–water partition coefficient (Wildman–Crippen LogP) is -1.05. The van der Waals surface area contributed by atoms with Crippen molar-refractivity contribution in [2.45, 2.75) is 18.9 Å². The molecule has 16 heavy (non-hydrogen) atoms. The van der Waals surface area contributed by atoms with Crippen LogP contribution in [-0.2, 0) is 9.59 Å². The fourth-order valence-electron chi connectivity index (χ4n) is 1.70. The zero-order valence-electron chi connectivity index (χ0n) is 9.56. The second-order valence-electron chi connectivity index (χ2n) is 4.19. The van der Waals surface area contributed by atoms with Gasteiger partial charge in [-0.05, 0) is 20.0 Å².